The van der Waals surface area contributed by atoms with Crippen molar-refractivity contribution in [1.29, 1.82) is 0 Å². The van der Waals surface area contributed by atoms with E-state index in [9.17, 15) is 15.2 Å². The highest BCUT2D eigenvalue weighted by molar-refractivity contribution is 5.48. The Morgan fingerprint density at radius 3 is 2.75 bits per heavy atom. The van der Waals surface area contributed by atoms with E-state index in [1.807, 2.05) is 7.05 Å². The number of nitro groups is 1. The van der Waals surface area contributed by atoms with Crippen molar-refractivity contribution >= 4 is 5.69 Å². The fraction of sp³-hybridized carbons (Fsp3) is 0.571. The number of aliphatic hydroxyl groups is 1. The van der Waals surface area contributed by atoms with Crippen molar-refractivity contribution < 1.29 is 14.8 Å². The Morgan fingerprint density at radius 2 is 2.15 bits per heavy atom. The molecule has 0 heterocycles. The van der Waals surface area contributed by atoms with Crippen molar-refractivity contribution in [2.24, 2.45) is 0 Å². The molecule has 0 spiro atoms. The largest absolute Gasteiger partial charge is 0.484 e. The predicted molar refractivity (Wildman–Crippen MR) is 74.8 cm³/mol. The van der Waals surface area contributed by atoms with Gasteiger partial charge < -0.3 is 15.2 Å². The highest BCUT2D eigenvalue weighted by atomic mass is 16.6. The number of rotatable bonds is 6. The van der Waals surface area contributed by atoms with Crippen molar-refractivity contribution in [2.75, 3.05) is 13.7 Å². The van der Waals surface area contributed by atoms with Crippen LogP contribution in [0.4, 0.5) is 5.69 Å². The molecule has 0 saturated heterocycles. The van der Waals surface area contributed by atoms with Gasteiger partial charge in [0.05, 0.1) is 10.5 Å². The van der Waals surface area contributed by atoms with E-state index in [-0.39, 0.29) is 18.0 Å². The fourth-order valence-corrected chi connectivity index (χ4v) is 2.53. The molecule has 2 N–H and O–H groups in total. The summed E-state index contributed by atoms with van der Waals surface area (Å²) in [5, 5.41) is 24.3. The number of nitrogens with zero attached hydrogens (tertiary/aromatic N) is 1. The Bertz CT molecular complexity index is 484. The molecule has 0 aromatic heterocycles. The molecule has 20 heavy (non-hydrogen) atoms. The van der Waals surface area contributed by atoms with Crippen LogP contribution in [-0.2, 0) is 6.54 Å². The van der Waals surface area contributed by atoms with Crippen LogP contribution in [0.1, 0.15) is 31.2 Å². The quantitative estimate of drug-likeness (QED) is 0.615. The van der Waals surface area contributed by atoms with Gasteiger partial charge in [-0.3, -0.25) is 10.1 Å². The maximum absolute atomic E-state index is 11.0. The van der Waals surface area contributed by atoms with Crippen LogP contribution in [0.15, 0.2) is 18.2 Å². The molecule has 2 rings (SSSR count). The standard InChI is InChI=1S/C14H20N2O4/c1-15-9-11-4-5-12(16(18)19)13(8-11)20-10-14(17)6-2-3-7-14/h4-5,8,15,17H,2-3,6-7,9-10H2,1H3. The molecule has 1 aromatic carbocycles. The first-order chi connectivity index (χ1) is 9.54. The average Bonchev–Trinajstić information content (AvgIpc) is 2.84. The highest BCUT2D eigenvalue weighted by Crippen LogP contribution is 2.33. The lowest BCUT2D eigenvalue weighted by molar-refractivity contribution is -0.386. The molecule has 6 nitrogen and oxygen atoms in total. The van der Waals surface area contributed by atoms with E-state index in [1.54, 1.807) is 12.1 Å². The van der Waals surface area contributed by atoms with Crippen molar-refractivity contribution in [3.63, 3.8) is 0 Å². The van der Waals surface area contributed by atoms with Gasteiger partial charge in [0, 0.05) is 12.6 Å². The van der Waals surface area contributed by atoms with Gasteiger partial charge in [0.25, 0.3) is 0 Å². The number of hydrogen-bond donors (Lipinski definition) is 2. The van der Waals surface area contributed by atoms with Crippen molar-refractivity contribution in [1.82, 2.24) is 5.32 Å². The molecule has 110 valence electrons. The summed E-state index contributed by atoms with van der Waals surface area (Å²) in [5.74, 6) is 0.225. The summed E-state index contributed by atoms with van der Waals surface area (Å²) < 4.78 is 5.55. The van der Waals surface area contributed by atoms with E-state index in [2.05, 4.69) is 5.32 Å². The van der Waals surface area contributed by atoms with Gasteiger partial charge >= 0.3 is 5.69 Å². The lowest BCUT2D eigenvalue weighted by atomic mass is 10.0. The van der Waals surface area contributed by atoms with Crippen LogP contribution in [0.2, 0.25) is 0 Å². The first-order valence-electron chi connectivity index (χ1n) is 6.81. The van der Waals surface area contributed by atoms with Crippen LogP contribution in [-0.4, -0.2) is 29.3 Å². The molecular weight excluding hydrogens is 260 g/mol. The van der Waals surface area contributed by atoms with E-state index in [0.717, 1.165) is 18.4 Å². The van der Waals surface area contributed by atoms with Gasteiger partial charge in [-0.1, -0.05) is 18.9 Å². The molecule has 0 unspecified atom stereocenters. The van der Waals surface area contributed by atoms with E-state index < -0.39 is 10.5 Å². The van der Waals surface area contributed by atoms with Crippen molar-refractivity contribution in [3.05, 3.63) is 33.9 Å². The van der Waals surface area contributed by atoms with Crippen molar-refractivity contribution in [2.45, 2.75) is 37.8 Å². The van der Waals surface area contributed by atoms with E-state index in [0.29, 0.717) is 19.4 Å². The molecular formula is C14H20N2O4. The monoisotopic (exact) mass is 280 g/mol. The number of hydrogen-bond acceptors (Lipinski definition) is 5. The Balaban J connectivity index is 2.14. The van der Waals surface area contributed by atoms with Crippen LogP contribution in [0.3, 0.4) is 0 Å². The van der Waals surface area contributed by atoms with E-state index in [4.69, 9.17) is 4.74 Å². The second-order valence-corrected chi connectivity index (χ2v) is 5.31. The molecule has 1 aromatic rings. The molecule has 6 heteroatoms. The lowest BCUT2D eigenvalue weighted by Crippen LogP contribution is -2.32. The first-order valence-corrected chi connectivity index (χ1v) is 6.81. The summed E-state index contributed by atoms with van der Waals surface area (Å²) in [6.07, 6.45) is 3.33. The van der Waals surface area contributed by atoms with Crippen LogP contribution >= 0.6 is 0 Å². The normalized spacial score (nSPS) is 17.1. The van der Waals surface area contributed by atoms with Gasteiger partial charge in [-0.15, -0.1) is 0 Å². The smallest absolute Gasteiger partial charge is 0.310 e. The van der Waals surface area contributed by atoms with Crippen LogP contribution in [0.25, 0.3) is 0 Å². The van der Waals surface area contributed by atoms with Crippen LogP contribution in [0, 0.1) is 10.1 Å². The third-order valence-corrected chi connectivity index (χ3v) is 3.63. The molecule has 0 amide bonds. The average molecular weight is 280 g/mol. The molecule has 0 radical (unpaired) electrons. The van der Waals surface area contributed by atoms with Gasteiger partial charge in [0.15, 0.2) is 5.75 Å². The third-order valence-electron chi connectivity index (χ3n) is 3.63. The molecule has 1 aliphatic rings. The van der Waals surface area contributed by atoms with E-state index >= 15 is 0 Å². The minimum atomic E-state index is -0.840. The number of nitrogens with one attached hydrogen (secondary N) is 1. The maximum atomic E-state index is 11.0. The van der Waals surface area contributed by atoms with Gasteiger partial charge in [0.1, 0.15) is 6.61 Å². The van der Waals surface area contributed by atoms with Crippen molar-refractivity contribution in [3.8, 4) is 5.75 Å². The Labute approximate surface area is 117 Å². The number of ether oxygens (including phenoxy) is 1. The van der Waals surface area contributed by atoms with Gasteiger partial charge in [-0.25, -0.2) is 0 Å². The van der Waals surface area contributed by atoms with Gasteiger partial charge in [0.2, 0.25) is 0 Å². The van der Waals surface area contributed by atoms with E-state index in [1.165, 1.54) is 6.07 Å². The minimum Gasteiger partial charge on any atom is -0.484 e. The fourth-order valence-electron chi connectivity index (χ4n) is 2.53. The third kappa shape index (κ3) is 3.46. The maximum Gasteiger partial charge on any atom is 0.310 e. The topological polar surface area (TPSA) is 84.6 Å². The summed E-state index contributed by atoms with van der Waals surface area (Å²) >= 11 is 0. The lowest BCUT2D eigenvalue weighted by Gasteiger charge is -2.22. The summed E-state index contributed by atoms with van der Waals surface area (Å²) in [5.41, 5.74) is 0.00494. The van der Waals surface area contributed by atoms with Gasteiger partial charge in [-0.05, 0) is 31.5 Å². The molecule has 1 saturated carbocycles. The Hall–Kier alpha value is -1.66. The predicted octanol–water partition coefficient (Wildman–Crippen LogP) is 2.00. The number of benzene rings is 1. The zero-order chi connectivity index (χ0) is 14.6. The SMILES string of the molecule is CNCc1ccc([N+](=O)[O-])c(OCC2(O)CCCC2)c1. The molecule has 0 aliphatic heterocycles. The molecule has 1 aliphatic carbocycles. The molecule has 0 bridgehead atoms. The Kier molecular flexibility index (Phi) is 4.57. The summed E-state index contributed by atoms with van der Waals surface area (Å²) in [4.78, 5) is 10.6. The highest BCUT2D eigenvalue weighted by Gasteiger charge is 2.32. The molecule has 0 atom stereocenters. The number of nitro benzene ring substituents is 1. The second kappa shape index (κ2) is 6.19. The first kappa shape index (κ1) is 14.7. The zero-order valence-electron chi connectivity index (χ0n) is 11.6. The summed E-state index contributed by atoms with van der Waals surface area (Å²) in [6, 6.07) is 4.80. The zero-order valence-corrected chi connectivity index (χ0v) is 11.6. The summed E-state index contributed by atoms with van der Waals surface area (Å²) in [7, 11) is 1.81. The minimum absolute atomic E-state index is 0.0635. The second-order valence-electron chi connectivity index (χ2n) is 5.31. The molecule has 1 fully saturated rings. The van der Waals surface area contributed by atoms with Gasteiger partial charge in [-0.2, -0.15) is 0 Å². The van der Waals surface area contributed by atoms with Crippen LogP contribution in [0.5, 0.6) is 5.75 Å². The van der Waals surface area contributed by atoms with Crippen LogP contribution < -0.4 is 10.1 Å². The summed E-state index contributed by atoms with van der Waals surface area (Å²) in [6.45, 7) is 0.718. The Morgan fingerprint density at radius 1 is 1.45 bits per heavy atom.